The van der Waals surface area contributed by atoms with Crippen molar-refractivity contribution in [3.05, 3.63) is 29.0 Å². The molecule has 2 rings (SSSR count). The summed E-state index contributed by atoms with van der Waals surface area (Å²) in [6, 6.07) is 4.57. The van der Waals surface area contributed by atoms with Gasteiger partial charge in [-0.25, -0.2) is 4.39 Å². The number of hydrogen-bond acceptors (Lipinski definition) is 2. The van der Waals surface area contributed by atoms with Crippen molar-refractivity contribution in [2.24, 2.45) is 0 Å². The summed E-state index contributed by atoms with van der Waals surface area (Å²) in [5.74, 6) is -0.232. The van der Waals surface area contributed by atoms with E-state index in [1.54, 1.807) is 6.07 Å². The maximum atomic E-state index is 13.4. The third-order valence-corrected chi connectivity index (χ3v) is 4.05. The fourth-order valence-corrected chi connectivity index (χ4v) is 2.62. The van der Waals surface area contributed by atoms with Gasteiger partial charge in [-0.05, 0) is 44.5 Å². The zero-order valence-corrected chi connectivity index (χ0v) is 11.7. The molecular weight excluding hydrogens is 251 g/mol. The average Bonchev–Trinajstić information content (AvgIpc) is 2.55. The summed E-state index contributed by atoms with van der Waals surface area (Å²) in [5, 5.41) is 4.18. The molecule has 18 heavy (non-hydrogen) atoms. The van der Waals surface area contributed by atoms with Crippen molar-refractivity contribution < 1.29 is 4.39 Å². The molecule has 0 amide bonds. The molecular formula is C14H20ClFN2. The van der Waals surface area contributed by atoms with Crippen molar-refractivity contribution in [3.8, 4) is 0 Å². The number of nitrogens with one attached hydrogen (secondary N) is 1. The first-order valence-electron chi connectivity index (χ1n) is 6.49. The quantitative estimate of drug-likeness (QED) is 0.886. The second-order valence-corrected chi connectivity index (χ2v) is 5.62. The Hall–Kier alpha value is -0.800. The highest BCUT2D eigenvalue weighted by molar-refractivity contribution is 6.33. The first kappa shape index (κ1) is 13.6. The lowest BCUT2D eigenvalue weighted by Crippen LogP contribution is -2.48. The third-order valence-electron chi connectivity index (χ3n) is 3.73. The Balaban J connectivity index is 2.28. The van der Waals surface area contributed by atoms with Crippen molar-refractivity contribution in [1.29, 1.82) is 0 Å². The van der Waals surface area contributed by atoms with Crippen LogP contribution in [0.15, 0.2) is 18.2 Å². The minimum atomic E-state index is -0.232. The van der Waals surface area contributed by atoms with E-state index in [1.807, 2.05) is 0 Å². The topological polar surface area (TPSA) is 15.3 Å². The van der Waals surface area contributed by atoms with Gasteiger partial charge in [-0.3, -0.25) is 0 Å². The molecule has 0 aromatic heterocycles. The summed E-state index contributed by atoms with van der Waals surface area (Å²) < 4.78 is 13.4. The van der Waals surface area contributed by atoms with Gasteiger partial charge < -0.3 is 10.2 Å². The van der Waals surface area contributed by atoms with Crippen LogP contribution in [0.5, 0.6) is 0 Å². The summed E-state index contributed by atoms with van der Waals surface area (Å²) in [5.41, 5.74) is 0.867. The predicted molar refractivity (Wildman–Crippen MR) is 74.9 cm³/mol. The van der Waals surface area contributed by atoms with Gasteiger partial charge in [0.15, 0.2) is 0 Å². The Labute approximate surface area is 113 Å². The molecule has 1 N–H and O–H groups in total. The van der Waals surface area contributed by atoms with E-state index in [1.165, 1.54) is 12.1 Å². The Kier molecular flexibility index (Phi) is 4.13. The van der Waals surface area contributed by atoms with Gasteiger partial charge in [-0.1, -0.05) is 18.5 Å². The van der Waals surface area contributed by atoms with Crippen LogP contribution in [0.1, 0.15) is 26.7 Å². The number of rotatable bonds is 2. The van der Waals surface area contributed by atoms with Crippen LogP contribution in [0, 0.1) is 5.82 Å². The van der Waals surface area contributed by atoms with Crippen LogP contribution in [-0.4, -0.2) is 25.2 Å². The highest BCUT2D eigenvalue weighted by atomic mass is 35.5. The molecule has 4 heteroatoms. The average molecular weight is 271 g/mol. The van der Waals surface area contributed by atoms with E-state index in [9.17, 15) is 4.39 Å². The van der Waals surface area contributed by atoms with Crippen LogP contribution < -0.4 is 10.2 Å². The van der Waals surface area contributed by atoms with E-state index in [-0.39, 0.29) is 11.4 Å². The largest absolute Gasteiger partial charge is 0.368 e. The lowest BCUT2D eigenvalue weighted by Gasteiger charge is -2.34. The normalized spacial score (nSPS) is 25.0. The number of anilines is 1. The van der Waals surface area contributed by atoms with E-state index in [2.05, 4.69) is 24.1 Å². The van der Waals surface area contributed by atoms with Gasteiger partial charge in [0, 0.05) is 18.6 Å². The fraction of sp³-hybridized carbons (Fsp3) is 0.571. The van der Waals surface area contributed by atoms with Gasteiger partial charge in [0.2, 0.25) is 0 Å². The molecule has 0 spiro atoms. The monoisotopic (exact) mass is 270 g/mol. The lowest BCUT2D eigenvalue weighted by atomic mass is 9.98. The molecule has 1 saturated heterocycles. The SMILES string of the molecule is CCC1(C)CN(c2cc(F)ccc2Cl)CCCN1. The smallest absolute Gasteiger partial charge is 0.125 e. The van der Waals surface area contributed by atoms with Crippen molar-refractivity contribution in [1.82, 2.24) is 5.32 Å². The second kappa shape index (κ2) is 5.45. The standard InChI is InChI=1S/C14H20ClFN2/c1-3-14(2)10-18(8-4-7-17-14)13-9-11(16)5-6-12(13)15/h5-6,9,17H,3-4,7-8,10H2,1-2H3. The molecule has 1 atom stereocenters. The number of halogens is 2. The number of nitrogens with zero attached hydrogens (tertiary/aromatic N) is 1. The molecule has 1 aliphatic heterocycles. The van der Waals surface area contributed by atoms with Crippen molar-refractivity contribution in [3.63, 3.8) is 0 Å². The molecule has 0 saturated carbocycles. The van der Waals surface area contributed by atoms with Crippen LogP contribution in [0.4, 0.5) is 10.1 Å². The maximum absolute atomic E-state index is 13.4. The van der Waals surface area contributed by atoms with E-state index in [4.69, 9.17) is 11.6 Å². The van der Waals surface area contributed by atoms with Gasteiger partial charge >= 0.3 is 0 Å². The van der Waals surface area contributed by atoms with Crippen LogP contribution >= 0.6 is 11.6 Å². The summed E-state index contributed by atoms with van der Waals surface area (Å²) >= 11 is 6.19. The molecule has 2 nitrogen and oxygen atoms in total. The highest BCUT2D eigenvalue weighted by Crippen LogP contribution is 2.29. The molecule has 1 aromatic rings. The van der Waals surface area contributed by atoms with Crippen molar-refractivity contribution in [2.75, 3.05) is 24.5 Å². The van der Waals surface area contributed by atoms with Gasteiger partial charge in [0.05, 0.1) is 10.7 Å². The van der Waals surface area contributed by atoms with E-state index in [0.29, 0.717) is 5.02 Å². The van der Waals surface area contributed by atoms with E-state index in [0.717, 1.165) is 38.2 Å². The molecule has 1 aliphatic rings. The third kappa shape index (κ3) is 2.96. The Morgan fingerprint density at radius 1 is 1.50 bits per heavy atom. The Morgan fingerprint density at radius 2 is 2.28 bits per heavy atom. The molecule has 0 aliphatic carbocycles. The van der Waals surface area contributed by atoms with Crippen molar-refractivity contribution >= 4 is 17.3 Å². The predicted octanol–water partition coefficient (Wildman–Crippen LogP) is 3.45. The van der Waals surface area contributed by atoms with Crippen LogP contribution in [0.25, 0.3) is 0 Å². The van der Waals surface area contributed by atoms with Gasteiger partial charge in [0.25, 0.3) is 0 Å². The number of hydrogen-bond donors (Lipinski definition) is 1. The lowest BCUT2D eigenvalue weighted by molar-refractivity contribution is 0.366. The molecule has 1 aromatic carbocycles. The fourth-order valence-electron chi connectivity index (χ4n) is 2.39. The van der Waals surface area contributed by atoms with Crippen LogP contribution in [-0.2, 0) is 0 Å². The van der Waals surface area contributed by atoms with Gasteiger partial charge in [-0.15, -0.1) is 0 Å². The van der Waals surface area contributed by atoms with Crippen molar-refractivity contribution in [2.45, 2.75) is 32.2 Å². The van der Waals surface area contributed by atoms with Crippen LogP contribution in [0.2, 0.25) is 5.02 Å². The molecule has 0 radical (unpaired) electrons. The van der Waals surface area contributed by atoms with Gasteiger partial charge in [0.1, 0.15) is 5.82 Å². The summed E-state index contributed by atoms with van der Waals surface area (Å²) in [6.45, 7) is 7.13. The molecule has 1 heterocycles. The molecule has 100 valence electrons. The Bertz CT molecular complexity index is 424. The summed E-state index contributed by atoms with van der Waals surface area (Å²) in [4.78, 5) is 2.19. The first-order chi connectivity index (χ1) is 8.54. The van der Waals surface area contributed by atoms with E-state index < -0.39 is 0 Å². The molecule has 1 unspecified atom stereocenters. The zero-order valence-electron chi connectivity index (χ0n) is 11.0. The molecule has 1 fully saturated rings. The first-order valence-corrected chi connectivity index (χ1v) is 6.87. The zero-order chi connectivity index (χ0) is 13.2. The summed E-state index contributed by atoms with van der Waals surface area (Å²) in [6.07, 6.45) is 2.08. The second-order valence-electron chi connectivity index (χ2n) is 5.21. The van der Waals surface area contributed by atoms with Crippen LogP contribution in [0.3, 0.4) is 0 Å². The number of benzene rings is 1. The minimum absolute atomic E-state index is 0.0617. The highest BCUT2D eigenvalue weighted by Gasteiger charge is 2.28. The summed E-state index contributed by atoms with van der Waals surface area (Å²) in [7, 11) is 0. The molecule has 0 bridgehead atoms. The minimum Gasteiger partial charge on any atom is -0.368 e. The van der Waals surface area contributed by atoms with Gasteiger partial charge in [-0.2, -0.15) is 0 Å². The maximum Gasteiger partial charge on any atom is 0.125 e. The Morgan fingerprint density at radius 3 is 3.00 bits per heavy atom. The van der Waals surface area contributed by atoms with E-state index >= 15 is 0 Å².